The summed E-state index contributed by atoms with van der Waals surface area (Å²) < 4.78 is 39.6. The number of nitrogens with one attached hydrogen (secondary N) is 1. The largest absolute Gasteiger partial charge is 0.354 e. The molecule has 0 fully saturated rings. The van der Waals surface area contributed by atoms with Crippen molar-refractivity contribution < 1.29 is 22.4 Å². The first-order valence-corrected chi connectivity index (χ1v) is 13.3. The predicted molar refractivity (Wildman–Crippen MR) is 132 cm³/mol. The lowest BCUT2D eigenvalue weighted by Gasteiger charge is -2.33. The fraction of sp³-hybridized carbons (Fsp3) is 0.440. The molecular formula is C25H34FN3O4S. The number of amides is 2. The minimum atomic E-state index is -3.78. The number of benzene rings is 2. The number of carbonyl (C=O) groups excluding carboxylic acids is 2. The molecule has 0 saturated carbocycles. The molecule has 7 nitrogen and oxygen atoms in total. The standard InChI is InChI=1S/C25H34FN3O4S/c1-5-16-27-25(31)23(7-3)28(17-20-8-12-21(26)13-9-20)24(30)18-29(34(4,32)33)22-14-10-19(6-2)11-15-22/h8-15,23H,5-7,16-18H2,1-4H3,(H,27,31)/t23-/m1/s1. The molecule has 9 heteroatoms. The lowest BCUT2D eigenvalue weighted by Crippen LogP contribution is -2.52. The Labute approximate surface area is 202 Å². The summed E-state index contributed by atoms with van der Waals surface area (Å²) in [5.41, 5.74) is 2.05. The zero-order valence-electron chi connectivity index (χ0n) is 20.3. The summed E-state index contributed by atoms with van der Waals surface area (Å²) in [7, 11) is -3.78. The van der Waals surface area contributed by atoms with Gasteiger partial charge in [-0.2, -0.15) is 0 Å². The molecule has 0 bridgehead atoms. The van der Waals surface area contributed by atoms with Crippen LogP contribution < -0.4 is 9.62 Å². The van der Waals surface area contributed by atoms with E-state index in [4.69, 9.17) is 0 Å². The topological polar surface area (TPSA) is 86.8 Å². The van der Waals surface area contributed by atoms with Crippen molar-refractivity contribution in [1.82, 2.24) is 10.2 Å². The number of sulfonamides is 1. The number of anilines is 1. The maximum absolute atomic E-state index is 13.5. The van der Waals surface area contributed by atoms with Gasteiger partial charge in [0.1, 0.15) is 18.4 Å². The number of carbonyl (C=O) groups is 2. The van der Waals surface area contributed by atoms with Gasteiger partial charge in [0.25, 0.3) is 0 Å². The van der Waals surface area contributed by atoms with Crippen LogP contribution in [0.1, 0.15) is 44.7 Å². The van der Waals surface area contributed by atoms with Gasteiger partial charge in [-0.05, 0) is 54.7 Å². The van der Waals surface area contributed by atoms with Gasteiger partial charge in [-0.1, -0.05) is 45.0 Å². The van der Waals surface area contributed by atoms with Crippen molar-refractivity contribution in [2.45, 2.75) is 52.6 Å². The van der Waals surface area contributed by atoms with Crippen LogP contribution >= 0.6 is 0 Å². The minimum Gasteiger partial charge on any atom is -0.354 e. The molecular weight excluding hydrogens is 457 g/mol. The molecule has 2 rings (SSSR count). The van der Waals surface area contributed by atoms with Crippen molar-refractivity contribution in [3.63, 3.8) is 0 Å². The Morgan fingerprint density at radius 3 is 2.06 bits per heavy atom. The fourth-order valence-electron chi connectivity index (χ4n) is 3.58. The first-order valence-electron chi connectivity index (χ1n) is 11.5. The number of hydrogen-bond donors (Lipinski definition) is 1. The quantitative estimate of drug-likeness (QED) is 0.492. The first-order chi connectivity index (χ1) is 16.1. The molecule has 2 aromatic carbocycles. The molecule has 34 heavy (non-hydrogen) atoms. The smallest absolute Gasteiger partial charge is 0.244 e. The summed E-state index contributed by atoms with van der Waals surface area (Å²) in [6.07, 6.45) is 2.93. The number of nitrogens with zero attached hydrogens (tertiary/aromatic N) is 2. The summed E-state index contributed by atoms with van der Waals surface area (Å²) in [6.45, 7) is 5.77. The predicted octanol–water partition coefficient (Wildman–Crippen LogP) is 3.49. The molecule has 0 heterocycles. The van der Waals surface area contributed by atoms with Crippen LogP contribution in [-0.4, -0.2) is 50.5 Å². The first kappa shape index (κ1) is 27.3. The molecule has 0 aliphatic heterocycles. The van der Waals surface area contributed by atoms with Crippen LogP contribution in [0, 0.1) is 5.82 Å². The van der Waals surface area contributed by atoms with Gasteiger partial charge in [0, 0.05) is 13.1 Å². The average Bonchev–Trinajstić information content (AvgIpc) is 2.81. The van der Waals surface area contributed by atoms with Gasteiger partial charge in [-0.25, -0.2) is 12.8 Å². The van der Waals surface area contributed by atoms with Crippen LogP contribution in [0.15, 0.2) is 48.5 Å². The number of halogens is 1. The van der Waals surface area contributed by atoms with Gasteiger partial charge < -0.3 is 10.2 Å². The van der Waals surface area contributed by atoms with Crippen LogP contribution in [0.5, 0.6) is 0 Å². The number of hydrogen-bond acceptors (Lipinski definition) is 4. The molecule has 186 valence electrons. The molecule has 2 amide bonds. The van der Waals surface area contributed by atoms with Crippen LogP contribution in [0.25, 0.3) is 0 Å². The Morgan fingerprint density at radius 2 is 1.56 bits per heavy atom. The van der Waals surface area contributed by atoms with E-state index >= 15 is 0 Å². The van der Waals surface area contributed by atoms with Gasteiger partial charge >= 0.3 is 0 Å². The van der Waals surface area contributed by atoms with Gasteiger partial charge in [-0.3, -0.25) is 13.9 Å². The van der Waals surface area contributed by atoms with Crippen molar-refractivity contribution in [3.8, 4) is 0 Å². The number of rotatable bonds is 12. The highest BCUT2D eigenvalue weighted by Crippen LogP contribution is 2.20. The van der Waals surface area contributed by atoms with Crippen molar-refractivity contribution >= 4 is 27.5 Å². The van der Waals surface area contributed by atoms with Crippen molar-refractivity contribution in [3.05, 3.63) is 65.5 Å². The highest BCUT2D eigenvalue weighted by molar-refractivity contribution is 7.92. The molecule has 0 radical (unpaired) electrons. The van der Waals surface area contributed by atoms with Crippen LogP contribution in [-0.2, 0) is 32.6 Å². The molecule has 0 unspecified atom stereocenters. The van der Waals surface area contributed by atoms with E-state index in [-0.39, 0.29) is 12.5 Å². The zero-order chi connectivity index (χ0) is 25.3. The van der Waals surface area contributed by atoms with Crippen LogP contribution in [0.2, 0.25) is 0 Å². The van der Waals surface area contributed by atoms with E-state index in [1.165, 1.54) is 17.0 Å². The van der Waals surface area contributed by atoms with E-state index in [1.807, 2.05) is 26.0 Å². The van der Waals surface area contributed by atoms with Gasteiger partial charge in [0.2, 0.25) is 21.8 Å². The minimum absolute atomic E-state index is 0.0452. The normalized spacial score (nSPS) is 12.1. The third-order valence-corrected chi connectivity index (χ3v) is 6.65. The number of aryl methyl sites for hydroxylation is 1. The molecule has 1 atom stereocenters. The second-order valence-electron chi connectivity index (χ2n) is 8.15. The molecule has 0 saturated heterocycles. The Kier molecular flexibility index (Phi) is 10.0. The maximum Gasteiger partial charge on any atom is 0.244 e. The van der Waals surface area contributed by atoms with Crippen LogP contribution in [0.4, 0.5) is 10.1 Å². The summed E-state index contributed by atoms with van der Waals surface area (Å²) in [4.78, 5) is 27.7. The molecule has 1 N–H and O–H groups in total. The van der Waals surface area contributed by atoms with Crippen molar-refractivity contribution in [2.24, 2.45) is 0 Å². The van der Waals surface area contributed by atoms with E-state index in [1.54, 1.807) is 31.2 Å². The lowest BCUT2D eigenvalue weighted by atomic mass is 10.1. The van der Waals surface area contributed by atoms with Crippen molar-refractivity contribution in [1.29, 1.82) is 0 Å². The molecule has 0 aliphatic carbocycles. The van der Waals surface area contributed by atoms with Crippen LogP contribution in [0.3, 0.4) is 0 Å². The summed E-state index contributed by atoms with van der Waals surface area (Å²) in [6, 6.07) is 11.8. The summed E-state index contributed by atoms with van der Waals surface area (Å²) in [5, 5.41) is 2.82. The molecule has 0 spiro atoms. The second-order valence-corrected chi connectivity index (χ2v) is 10.1. The second kappa shape index (κ2) is 12.5. The maximum atomic E-state index is 13.5. The molecule has 0 aliphatic rings. The molecule has 2 aromatic rings. The molecule has 0 aromatic heterocycles. The Morgan fingerprint density at radius 1 is 0.971 bits per heavy atom. The average molecular weight is 492 g/mol. The zero-order valence-corrected chi connectivity index (χ0v) is 21.1. The SMILES string of the molecule is CCCNC(=O)[C@@H](CC)N(Cc1ccc(F)cc1)C(=O)CN(c1ccc(CC)cc1)S(C)(=O)=O. The van der Waals surface area contributed by atoms with E-state index < -0.39 is 34.3 Å². The Hall–Kier alpha value is -2.94. The fourth-order valence-corrected chi connectivity index (χ4v) is 4.43. The Balaban J connectivity index is 2.40. The Bertz CT molecular complexity index is 1060. The van der Waals surface area contributed by atoms with Gasteiger partial charge in [-0.15, -0.1) is 0 Å². The van der Waals surface area contributed by atoms with E-state index in [0.717, 1.165) is 29.0 Å². The van der Waals surface area contributed by atoms with Crippen molar-refractivity contribution in [2.75, 3.05) is 23.7 Å². The van der Waals surface area contributed by atoms with Gasteiger partial charge in [0.15, 0.2) is 0 Å². The summed E-state index contributed by atoms with van der Waals surface area (Å²) >= 11 is 0. The summed E-state index contributed by atoms with van der Waals surface area (Å²) in [5.74, 6) is -1.24. The lowest BCUT2D eigenvalue weighted by molar-refractivity contribution is -0.140. The van der Waals surface area contributed by atoms with Gasteiger partial charge in [0.05, 0.1) is 11.9 Å². The monoisotopic (exact) mass is 491 g/mol. The highest BCUT2D eigenvalue weighted by atomic mass is 32.2. The van der Waals surface area contributed by atoms with E-state index in [0.29, 0.717) is 24.2 Å². The van der Waals surface area contributed by atoms with E-state index in [2.05, 4.69) is 5.32 Å². The highest BCUT2D eigenvalue weighted by Gasteiger charge is 2.31. The van der Waals surface area contributed by atoms with E-state index in [9.17, 15) is 22.4 Å². The third-order valence-electron chi connectivity index (χ3n) is 5.51. The third kappa shape index (κ3) is 7.55.